The Hall–Kier alpha value is -3.52. The number of hydrogen-bond donors (Lipinski definition) is 1. The van der Waals surface area contributed by atoms with Gasteiger partial charge in [-0.25, -0.2) is 0 Å². The number of piperazine rings is 1. The molecule has 2 aromatic carbocycles. The maximum Gasteiger partial charge on any atom is 0.324 e. The Morgan fingerprint density at radius 3 is 2.70 bits per heavy atom. The van der Waals surface area contributed by atoms with Gasteiger partial charge in [0.1, 0.15) is 6.04 Å². The molecule has 0 radical (unpaired) electrons. The van der Waals surface area contributed by atoms with E-state index in [0.29, 0.717) is 24.2 Å². The molecule has 0 spiro atoms. The van der Waals surface area contributed by atoms with E-state index in [9.17, 15) is 19.7 Å². The highest BCUT2D eigenvalue weighted by molar-refractivity contribution is 5.95. The molecule has 0 bridgehead atoms. The summed E-state index contributed by atoms with van der Waals surface area (Å²) in [6.45, 7) is 7.23. The van der Waals surface area contributed by atoms with Gasteiger partial charge in [0.15, 0.2) is 0 Å². The van der Waals surface area contributed by atoms with Gasteiger partial charge < -0.3 is 15.0 Å². The summed E-state index contributed by atoms with van der Waals surface area (Å²) >= 11 is 0. The van der Waals surface area contributed by atoms with Crippen LogP contribution in [0.4, 0.5) is 5.69 Å². The molecule has 1 aliphatic heterocycles. The van der Waals surface area contributed by atoms with Crippen molar-refractivity contribution in [3.63, 3.8) is 0 Å². The van der Waals surface area contributed by atoms with Crippen LogP contribution in [0.2, 0.25) is 0 Å². The number of nitrogens with zero attached hydrogens (tertiary/aromatic N) is 2. The third-order valence-corrected chi connectivity index (χ3v) is 5.59. The van der Waals surface area contributed by atoms with E-state index in [-0.39, 0.29) is 36.6 Å². The maximum absolute atomic E-state index is 12.9. The number of nitro groups is 1. The standard InChI is InChI=1S/C25H29N3O5/c1-4-33-25(30)21-16-27(15-14-26-21)23(29)13-12-18-8-7-11-22(28(31)32)24(18)20-10-6-5-9-19(20)17(2)3/h5-13,17,21,26H,4,14-16H2,1-3H3/b13-12+. The van der Waals surface area contributed by atoms with E-state index < -0.39 is 11.0 Å². The molecule has 0 aromatic heterocycles. The minimum atomic E-state index is -0.567. The molecule has 1 saturated heterocycles. The third-order valence-electron chi connectivity index (χ3n) is 5.59. The number of rotatable bonds is 7. The smallest absolute Gasteiger partial charge is 0.324 e. The van der Waals surface area contributed by atoms with Crippen molar-refractivity contribution in [2.45, 2.75) is 32.7 Å². The molecule has 2 aromatic rings. The van der Waals surface area contributed by atoms with Crippen molar-refractivity contribution < 1.29 is 19.2 Å². The van der Waals surface area contributed by atoms with Gasteiger partial charge in [-0.15, -0.1) is 0 Å². The fourth-order valence-corrected chi connectivity index (χ4v) is 3.99. The van der Waals surface area contributed by atoms with Gasteiger partial charge in [0.05, 0.1) is 17.1 Å². The number of carbonyl (C=O) groups is 2. The molecule has 1 atom stereocenters. The second-order valence-corrected chi connectivity index (χ2v) is 8.12. The summed E-state index contributed by atoms with van der Waals surface area (Å²) in [5, 5.41) is 14.9. The van der Waals surface area contributed by atoms with Crippen LogP contribution in [0.5, 0.6) is 0 Å². The molecule has 8 nitrogen and oxygen atoms in total. The van der Waals surface area contributed by atoms with Gasteiger partial charge in [-0.2, -0.15) is 0 Å². The minimum absolute atomic E-state index is 0.0118. The van der Waals surface area contributed by atoms with Crippen LogP contribution < -0.4 is 5.32 Å². The number of amides is 1. The zero-order valence-electron chi connectivity index (χ0n) is 19.1. The number of ether oxygens (including phenoxy) is 1. The first-order valence-corrected chi connectivity index (χ1v) is 11.1. The van der Waals surface area contributed by atoms with Crippen molar-refractivity contribution in [3.8, 4) is 11.1 Å². The van der Waals surface area contributed by atoms with Crippen LogP contribution in [-0.2, 0) is 14.3 Å². The van der Waals surface area contributed by atoms with Crippen LogP contribution in [0.15, 0.2) is 48.5 Å². The van der Waals surface area contributed by atoms with Gasteiger partial charge in [-0.1, -0.05) is 50.2 Å². The van der Waals surface area contributed by atoms with Gasteiger partial charge in [-0.05, 0) is 35.6 Å². The highest BCUT2D eigenvalue weighted by Gasteiger charge is 2.28. The number of nitrogens with one attached hydrogen (secondary N) is 1. The molecule has 1 aliphatic rings. The van der Waals surface area contributed by atoms with E-state index in [2.05, 4.69) is 5.32 Å². The van der Waals surface area contributed by atoms with Crippen LogP contribution in [-0.4, -0.2) is 54.0 Å². The Labute approximate surface area is 193 Å². The highest BCUT2D eigenvalue weighted by atomic mass is 16.6. The first-order chi connectivity index (χ1) is 15.8. The first-order valence-electron chi connectivity index (χ1n) is 11.1. The number of esters is 1. The SMILES string of the molecule is CCOC(=O)C1CN(C(=O)/C=C/c2cccc([N+](=O)[O-])c2-c2ccccc2C(C)C)CCN1. The van der Waals surface area contributed by atoms with Gasteiger partial charge in [-0.3, -0.25) is 19.7 Å². The topological polar surface area (TPSA) is 102 Å². The molecule has 1 unspecified atom stereocenters. The average molecular weight is 452 g/mol. The Morgan fingerprint density at radius 2 is 2.00 bits per heavy atom. The summed E-state index contributed by atoms with van der Waals surface area (Å²) in [6, 6.07) is 11.9. The number of hydrogen-bond acceptors (Lipinski definition) is 6. The lowest BCUT2D eigenvalue weighted by Gasteiger charge is -2.31. The van der Waals surface area contributed by atoms with Gasteiger partial charge in [0, 0.05) is 31.8 Å². The third kappa shape index (κ3) is 5.64. The lowest BCUT2D eigenvalue weighted by atomic mass is 9.89. The molecular formula is C25H29N3O5. The van der Waals surface area contributed by atoms with Gasteiger partial charge >= 0.3 is 5.97 Å². The highest BCUT2D eigenvalue weighted by Crippen LogP contribution is 2.38. The molecule has 174 valence electrons. The number of nitro benzene ring substituents is 1. The summed E-state index contributed by atoms with van der Waals surface area (Å²) in [4.78, 5) is 37.9. The molecule has 8 heteroatoms. The minimum Gasteiger partial charge on any atom is -0.465 e. The zero-order valence-corrected chi connectivity index (χ0v) is 19.1. The zero-order chi connectivity index (χ0) is 24.0. The normalized spacial score (nSPS) is 16.2. The molecule has 33 heavy (non-hydrogen) atoms. The van der Waals surface area contributed by atoms with E-state index in [1.165, 1.54) is 12.1 Å². The molecule has 0 aliphatic carbocycles. The summed E-state index contributed by atoms with van der Waals surface area (Å²) < 4.78 is 5.05. The van der Waals surface area contributed by atoms with Crippen LogP contribution in [0.3, 0.4) is 0 Å². The molecule has 1 N–H and O–H groups in total. The fourth-order valence-electron chi connectivity index (χ4n) is 3.99. The molecule has 0 saturated carbocycles. The average Bonchev–Trinajstić information content (AvgIpc) is 2.82. The molecule has 1 fully saturated rings. The Bertz CT molecular complexity index is 1060. The lowest BCUT2D eigenvalue weighted by Crippen LogP contribution is -2.55. The Kier molecular flexibility index (Phi) is 7.95. The largest absolute Gasteiger partial charge is 0.465 e. The van der Waals surface area contributed by atoms with Crippen molar-refractivity contribution in [2.75, 3.05) is 26.2 Å². The van der Waals surface area contributed by atoms with Crippen molar-refractivity contribution in [3.05, 3.63) is 69.8 Å². The lowest BCUT2D eigenvalue weighted by molar-refractivity contribution is -0.384. The number of benzene rings is 2. The van der Waals surface area contributed by atoms with Crippen LogP contribution >= 0.6 is 0 Å². The van der Waals surface area contributed by atoms with E-state index >= 15 is 0 Å². The first kappa shape index (κ1) is 24.1. The van der Waals surface area contributed by atoms with Crippen LogP contribution in [0.25, 0.3) is 17.2 Å². The Balaban J connectivity index is 1.93. The van der Waals surface area contributed by atoms with Crippen molar-refractivity contribution >= 4 is 23.6 Å². The van der Waals surface area contributed by atoms with E-state index in [4.69, 9.17) is 4.74 Å². The van der Waals surface area contributed by atoms with Crippen LogP contribution in [0.1, 0.15) is 37.8 Å². The van der Waals surface area contributed by atoms with Crippen molar-refractivity contribution in [1.82, 2.24) is 10.2 Å². The van der Waals surface area contributed by atoms with Gasteiger partial charge in [0.2, 0.25) is 5.91 Å². The molecule has 1 heterocycles. The summed E-state index contributed by atoms with van der Waals surface area (Å²) in [5.41, 5.74) is 2.83. The second kappa shape index (κ2) is 10.9. The monoisotopic (exact) mass is 451 g/mol. The summed E-state index contributed by atoms with van der Waals surface area (Å²) in [6.07, 6.45) is 3.03. The predicted molar refractivity (Wildman–Crippen MR) is 127 cm³/mol. The van der Waals surface area contributed by atoms with Crippen LogP contribution in [0, 0.1) is 10.1 Å². The van der Waals surface area contributed by atoms with E-state index in [0.717, 1.165) is 11.1 Å². The van der Waals surface area contributed by atoms with E-state index in [1.54, 1.807) is 30.0 Å². The molecule has 1 amide bonds. The summed E-state index contributed by atoms with van der Waals surface area (Å²) in [7, 11) is 0. The van der Waals surface area contributed by atoms with Crippen molar-refractivity contribution in [1.29, 1.82) is 0 Å². The maximum atomic E-state index is 12.9. The van der Waals surface area contributed by atoms with Crippen molar-refractivity contribution in [2.24, 2.45) is 0 Å². The second-order valence-electron chi connectivity index (χ2n) is 8.12. The Morgan fingerprint density at radius 1 is 1.24 bits per heavy atom. The van der Waals surface area contributed by atoms with Gasteiger partial charge in [0.25, 0.3) is 5.69 Å². The molecular weight excluding hydrogens is 422 g/mol. The number of carbonyl (C=O) groups excluding carboxylic acids is 2. The predicted octanol–water partition coefficient (Wildman–Crippen LogP) is 3.76. The quantitative estimate of drug-likeness (QED) is 0.298. The fraction of sp³-hybridized carbons (Fsp3) is 0.360. The molecule has 3 rings (SSSR count). The van der Waals surface area contributed by atoms with E-state index in [1.807, 2.05) is 38.1 Å². The summed E-state index contributed by atoms with van der Waals surface area (Å²) in [5.74, 6) is -0.481.